The van der Waals surface area contributed by atoms with Crippen LogP contribution in [0.15, 0.2) is 58.3 Å². The first-order valence-corrected chi connectivity index (χ1v) is 10.3. The number of esters is 1. The minimum absolute atomic E-state index is 0.000960. The molecule has 158 valence electrons. The summed E-state index contributed by atoms with van der Waals surface area (Å²) in [5, 5.41) is 10.8. The maximum atomic E-state index is 12.9. The molecule has 4 rings (SSSR count). The van der Waals surface area contributed by atoms with Crippen molar-refractivity contribution in [2.75, 3.05) is 18.2 Å². The summed E-state index contributed by atoms with van der Waals surface area (Å²) in [4.78, 5) is 42.1. The number of carbonyl (C=O) groups excluding carboxylic acids is 1. The van der Waals surface area contributed by atoms with E-state index in [1.807, 2.05) is 4.90 Å². The molecule has 0 saturated carbocycles. The zero-order chi connectivity index (χ0) is 22.0. The lowest BCUT2D eigenvalue weighted by Crippen LogP contribution is -2.42. The van der Waals surface area contributed by atoms with Crippen LogP contribution >= 0.6 is 11.3 Å². The lowest BCUT2D eigenvalue weighted by molar-refractivity contribution is -0.384. The van der Waals surface area contributed by atoms with Gasteiger partial charge in [-0.2, -0.15) is 0 Å². The van der Waals surface area contributed by atoms with Gasteiger partial charge in [0, 0.05) is 17.8 Å². The molecule has 0 aliphatic carbocycles. The zero-order valence-corrected chi connectivity index (χ0v) is 17.4. The molecule has 0 unspecified atom stereocenters. The number of anilines is 1. The molecule has 0 fully saturated rings. The molecule has 3 aromatic rings. The molecule has 2 heterocycles. The van der Waals surface area contributed by atoms with Crippen molar-refractivity contribution in [3.63, 3.8) is 0 Å². The highest BCUT2D eigenvalue weighted by Crippen LogP contribution is 2.17. The standard InChI is InChI=1S/C21H18N4O5S/c1-2-30-20(27)15-5-9-16(10-6-15)23-12-22-21-24(13-23)19(26)18(31-21)11-14-3-7-17(8-4-14)25(28)29/h3-11H,2,12-13H2,1H3. The fraction of sp³-hybridized carbons (Fsp3) is 0.190. The monoisotopic (exact) mass is 438 g/mol. The Kier molecular flexibility index (Phi) is 5.63. The molecule has 0 spiro atoms. The number of carbonyl (C=O) groups is 1. The lowest BCUT2D eigenvalue weighted by atomic mass is 10.2. The summed E-state index contributed by atoms with van der Waals surface area (Å²) < 4.78 is 7.09. The molecule has 0 bridgehead atoms. The summed E-state index contributed by atoms with van der Waals surface area (Å²) >= 11 is 1.28. The lowest BCUT2D eigenvalue weighted by Gasteiger charge is -2.25. The van der Waals surface area contributed by atoms with E-state index in [1.54, 1.807) is 54.0 Å². The Morgan fingerprint density at radius 3 is 2.58 bits per heavy atom. The summed E-state index contributed by atoms with van der Waals surface area (Å²) in [5.41, 5.74) is 1.83. The third kappa shape index (κ3) is 4.24. The van der Waals surface area contributed by atoms with E-state index in [1.165, 1.54) is 23.5 Å². The average molecular weight is 438 g/mol. The normalized spacial score (nSPS) is 13.5. The molecule has 0 amide bonds. The van der Waals surface area contributed by atoms with E-state index in [2.05, 4.69) is 4.99 Å². The summed E-state index contributed by atoms with van der Waals surface area (Å²) in [5.74, 6) is -0.375. The van der Waals surface area contributed by atoms with E-state index in [9.17, 15) is 19.7 Å². The number of benzene rings is 2. The van der Waals surface area contributed by atoms with Crippen molar-refractivity contribution in [3.8, 4) is 0 Å². The van der Waals surface area contributed by atoms with Crippen LogP contribution in [0.2, 0.25) is 0 Å². The van der Waals surface area contributed by atoms with Crippen LogP contribution < -0.4 is 19.8 Å². The van der Waals surface area contributed by atoms with Crippen LogP contribution in [-0.4, -0.2) is 28.7 Å². The largest absolute Gasteiger partial charge is 0.462 e. The van der Waals surface area contributed by atoms with Gasteiger partial charge in [0.05, 0.1) is 21.6 Å². The van der Waals surface area contributed by atoms with Gasteiger partial charge in [0.15, 0.2) is 4.80 Å². The maximum Gasteiger partial charge on any atom is 0.338 e. The second-order valence-electron chi connectivity index (χ2n) is 6.72. The fourth-order valence-electron chi connectivity index (χ4n) is 3.14. The van der Waals surface area contributed by atoms with Crippen molar-refractivity contribution in [2.24, 2.45) is 4.99 Å². The first-order chi connectivity index (χ1) is 15.0. The van der Waals surface area contributed by atoms with Crippen LogP contribution in [0, 0.1) is 10.1 Å². The van der Waals surface area contributed by atoms with Gasteiger partial charge in [-0.25, -0.2) is 9.79 Å². The van der Waals surface area contributed by atoms with Gasteiger partial charge in [-0.05, 0) is 55.0 Å². The van der Waals surface area contributed by atoms with Crippen molar-refractivity contribution < 1.29 is 14.5 Å². The number of fused-ring (bicyclic) bond motifs is 1. The molecule has 1 aliphatic rings. The van der Waals surface area contributed by atoms with Crippen molar-refractivity contribution in [1.29, 1.82) is 0 Å². The molecule has 1 aliphatic heterocycles. The Balaban J connectivity index is 1.58. The van der Waals surface area contributed by atoms with E-state index >= 15 is 0 Å². The molecular formula is C21H18N4O5S. The number of nitro benzene ring substituents is 1. The predicted octanol–water partition coefficient (Wildman–Crippen LogP) is 1.88. The number of thiazole rings is 1. The quantitative estimate of drug-likeness (QED) is 0.342. The third-order valence-corrected chi connectivity index (χ3v) is 5.77. The molecular weight excluding hydrogens is 420 g/mol. The minimum atomic E-state index is -0.463. The summed E-state index contributed by atoms with van der Waals surface area (Å²) in [6.07, 6.45) is 1.70. The summed E-state index contributed by atoms with van der Waals surface area (Å²) in [6, 6.07) is 13.0. The summed E-state index contributed by atoms with van der Waals surface area (Å²) in [6.45, 7) is 2.79. The van der Waals surface area contributed by atoms with Crippen LogP contribution in [0.4, 0.5) is 11.4 Å². The molecule has 0 saturated heterocycles. The van der Waals surface area contributed by atoms with Crippen LogP contribution in [0.3, 0.4) is 0 Å². The Morgan fingerprint density at radius 1 is 1.23 bits per heavy atom. The molecule has 0 radical (unpaired) electrons. The number of rotatable bonds is 5. The van der Waals surface area contributed by atoms with E-state index in [4.69, 9.17) is 4.74 Å². The average Bonchev–Trinajstić information content (AvgIpc) is 3.09. The highest BCUT2D eigenvalue weighted by atomic mass is 32.1. The molecule has 2 aromatic carbocycles. The second kappa shape index (κ2) is 8.52. The number of hydrogen-bond acceptors (Lipinski definition) is 8. The Labute approximate surface area is 180 Å². The van der Waals surface area contributed by atoms with Crippen molar-refractivity contribution in [2.45, 2.75) is 13.6 Å². The second-order valence-corrected chi connectivity index (χ2v) is 7.73. The molecule has 10 heteroatoms. The molecule has 9 nitrogen and oxygen atoms in total. The number of hydrogen-bond donors (Lipinski definition) is 0. The van der Waals surface area contributed by atoms with Gasteiger partial charge < -0.3 is 9.64 Å². The third-order valence-electron chi connectivity index (χ3n) is 4.72. The summed E-state index contributed by atoms with van der Waals surface area (Å²) in [7, 11) is 0. The molecule has 31 heavy (non-hydrogen) atoms. The highest BCUT2D eigenvalue weighted by molar-refractivity contribution is 7.07. The van der Waals surface area contributed by atoms with Gasteiger partial charge in [-0.3, -0.25) is 19.5 Å². The number of ether oxygens (including phenoxy) is 1. The van der Waals surface area contributed by atoms with Gasteiger partial charge in [0.25, 0.3) is 11.2 Å². The molecule has 0 N–H and O–H groups in total. The Morgan fingerprint density at radius 2 is 1.94 bits per heavy atom. The molecule has 1 aromatic heterocycles. The van der Waals surface area contributed by atoms with Crippen molar-refractivity contribution in [3.05, 3.63) is 89.5 Å². The topological polar surface area (TPSA) is 107 Å². The number of non-ortho nitro benzene ring substituents is 1. The minimum Gasteiger partial charge on any atom is -0.462 e. The first kappa shape index (κ1) is 20.5. The Bertz CT molecular complexity index is 1310. The van der Waals surface area contributed by atoms with E-state index < -0.39 is 4.92 Å². The highest BCUT2D eigenvalue weighted by Gasteiger charge is 2.17. The van der Waals surface area contributed by atoms with Crippen LogP contribution in [0.25, 0.3) is 6.08 Å². The van der Waals surface area contributed by atoms with Gasteiger partial charge in [-0.15, -0.1) is 0 Å². The van der Waals surface area contributed by atoms with Gasteiger partial charge >= 0.3 is 5.97 Å². The SMILES string of the molecule is CCOC(=O)c1ccc(N2CN=c3sc(=Cc4ccc([N+](=O)[O-])cc4)c(=O)n3C2)cc1. The van der Waals surface area contributed by atoms with Gasteiger partial charge in [0.2, 0.25) is 0 Å². The van der Waals surface area contributed by atoms with Gasteiger partial charge in [0.1, 0.15) is 13.3 Å². The molecule has 0 atom stereocenters. The van der Waals surface area contributed by atoms with Crippen molar-refractivity contribution >= 4 is 34.8 Å². The van der Waals surface area contributed by atoms with E-state index in [0.29, 0.717) is 40.4 Å². The van der Waals surface area contributed by atoms with Gasteiger partial charge in [-0.1, -0.05) is 11.3 Å². The number of nitro groups is 1. The maximum absolute atomic E-state index is 12.9. The fourth-order valence-corrected chi connectivity index (χ4v) is 4.10. The number of nitrogens with zero attached hydrogens (tertiary/aromatic N) is 4. The first-order valence-electron chi connectivity index (χ1n) is 9.48. The van der Waals surface area contributed by atoms with Crippen molar-refractivity contribution in [1.82, 2.24) is 4.57 Å². The van der Waals surface area contributed by atoms with Crippen LogP contribution in [0.1, 0.15) is 22.8 Å². The predicted molar refractivity (Wildman–Crippen MR) is 116 cm³/mol. The van der Waals surface area contributed by atoms with E-state index in [0.717, 1.165) is 5.69 Å². The smallest absolute Gasteiger partial charge is 0.338 e. The van der Waals surface area contributed by atoms with Crippen LogP contribution in [-0.2, 0) is 11.4 Å². The van der Waals surface area contributed by atoms with Crippen LogP contribution in [0.5, 0.6) is 0 Å². The Hall–Kier alpha value is -3.79. The number of aromatic nitrogens is 1. The van der Waals surface area contributed by atoms with E-state index in [-0.39, 0.29) is 17.2 Å². The zero-order valence-electron chi connectivity index (χ0n) is 16.6.